The average Bonchev–Trinajstić information content (AvgIpc) is 2.88. The van der Waals surface area contributed by atoms with Gasteiger partial charge in [0.15, 0.2) is 0 Å². The number of carbonyl (C=O) groups excluding carboxylic acids is 2. The molecular formula is C29H24N2O4S. The lowest BCUT2D eigenvalue weighted by molar-refractivity contribution is -0.115. The molecule has 4 rings (SSSR count). The predicted octanol–water partition coefficient (Wildman–Crippen LogP) is 6.42. The molecule has 4 aromatic rings. The summed E-state index contributed by atoms with van der Waals surface area (Å²) in [7, 11) is 0. The van der Waals surface area contributed by atoms with E-state index in [2.05, 4.69) is 10.6 Å². The number of nitrogens with one attached hydrogen (secondary N) is 2. The Kier molecular flexibility index (Phi) is 7.82. The molecule has 0 radical (unpaired) electrons. The molecule has 6 nitrogen and oxygen atoms in total. The Bertz CT molecular complexity index is 1390. The fourth-order valence-corrected chi connectivity index (χ4v) is 4.67. The Hall–Kier alpha value is -4.36. The highest BCUT2D eigenvalue weighted by Crippen LogP contribution is 2.36. The Labute approximate surface area is 213 Å². The van der Waals surface area contributed by atoms with Gasteiger partial charge in [-0.1, -0.05) is 54.6 Å². The second kappa shape index (κ2) is 11.4. The first-order valence-corrected chi connectivity index (χ1v) is 12.1. The summed E-state index contributed by atoms with van der Waals surface area (Å²) in [5.41, 5.74) is 3.20. The summed E-state index contributed by atoms with van der Waals surface area (Å²) in [6.07, 6.45) is 0. The lowest BCUT2D eigenvalue weighted by Crippen LogP contribution is -2.19. The third-order valence-electron chi connectivity index (χ3n) is 5.39. The first-order chi connectivity index (χ1) is 17.4. The highest BCUT2D eigenvalue weighted by Gasteiger charge is 2.22. The van der Waals surface area contributed by atoms with Crippen molar-refractivity contribution in [2.24, 2.45) is 0 Å². The molecule has 1 unspecified atom stereocenters. The average molecular weight is 497 g/mol. The summed E-state index contributed by atoms with van der Waals surface area (Å²) in [6, 6.07) is 30.3. The van der Waals surface area contributed by atoms with Crippen molar-refractivity contribution in [3.05, 3.63) is 125 Å². The molecule has 0 saturated carbocycles. The monoisotopic (exact) mass is 496 g/mol. The van der Waals surface area contributed by atoms with Crippen LogP contribution in [0.3, 0.4) is 0 Å². The van der Waals surface area contributed by atoms with Gasteiger partial charge < -0.3 is 15.7 Å². The molecule has 4 aromatic carbocycles. The zero-order valence-corrected chi connectivity index (χ0v) is 20.3. The number of carboxylic acids is 1. The van der Waals surface area contributed by atoms with Gasteiger partial charge in [0, 0.05) is 16.3 Å². The van der Waals surface area contributed by atoms with Crippen molar-refractivity contribution in [3.63, 3.8) is 0 Å². The number of hydrogen-bond acceptors (Lipinski definition) is 4. The molecule has 7 heteroatoms. The van der Waals surface area contributed by atoms with Crippen LogP contribution in [-0.4, -0.2) is 22.9 Å². The molecule has 0 aromatic heterocycles. The van der Waals surface area contributed by atoms with Gasteiger partial charge in [0.2, 0.25) is 5.91 Å². The van der Waals surface area contributed by atoms with Gasteiger partial charge in [-0.3, -0.25) is 9.59 Å². The van der Waals surface area contributed by atoms with E-state index in [-0.39, 0.29) is 17.0 Å². The number of carbonyl (C=O) groups is 3. The molecule has 0 aliphatic rings. The number of carboxylic acid groups (broad SMARTS) is 1. The molecule has 0 spiro atoms. The van der Waals surface area contributed by atoms with Crippen LogP contribution in [-0.2, 0) is 4.79 Å². The van der Waals surface area contributed by atoms with Crippen LogP contribution in [0, 0.1) is 6.92 Å². The van der Waals surface area contributed by atoms with Crippen molar-refractivity contribution < 1.29 is 19.5 Å². The summed E-state index contributed by atoms with van der Waals surface area (Å²) < 4.78 is 0. The fraction of sp³-hybridized carbons (Fsp3) is 0.0690. The Balaban J connectivity index is 1.50. The van der Waals surface area contributed by atoms with Gasteiger partial charge in [-0.25, -0.2) is 4.79 Å². The molecular weight excluding hydrogens is 472 g/mol. The van der Waals surface area contributed by atoms with Gasteiger partial charge in [-0.15, -0.1) is 11.8 Å². The zero-order valence-electron chi connectivity index (χ0n) is 19.5. The van der Waals surface area contributed by atoms with Crippen molar-refractivity contribution in [1.29, 1.82) is 0 Å². The highest BCUT2D eigenvalue weighted by atomic mass is 32.2. The van der Waals surface area contributed by atoms with Crippen molar-refractivity contribution >= 4 is 40.9 Å². The first kappa shape index (κ1) is 24.8. The van der Waals surface area contributed by atoms with Gasteiger partial charge in [-0.05, 0) is 66.6 Å². The minimum Gasteiger partial charge on any atom is -0.478 e. The van der Waals surface area contributed by atoms with E-state index in [4.69, 9.17) is 0 Å². The number of aryl methyl sites for hydroxylation is 1. The van der Waals surface area contributed by atoms with Crippen LogP contribution in [0.2, 0.25) is 0 Å². The maximum atomic E-state index is 13.2. The van der Waals surface area contributed by atoms with Crippen LogP contribution in [0.15, 0.2) is 108 Å². The standard InChI is InChI=1S/C29H24N2O4S/c1-19-8-7-11-22(18-19)31-28(33)26(20-9-3-2-4-10-20)36-23-16-14-21(15-17-23)30-27(32)24-12-5-6-13-25(24)29(34)35/h2-18,26H,1H3,(H,30,32)(H,31,33)(H,34,35). The quantitative estimate of drug-likeness (QED) is 0.245. The van der Waals surface area contributed by atoms with E-state index in [1.165, 1.54) is 23.9 Å². The van der Waals surface area contributed by atoms with Gasteiger partial charge in [0.05, 0.1) is 11.1 Å². The molecule has 36 heavy (non-hydrogen) atoms. The molecule has 0 aliphatic carbocycles. The number of aromatic carboxylic acids is 1. The van der Waals surface area contributed by atoms with E-state index in [0.717, 1.165) is 21.7 Å². The van der Waals surface area contributed by atoms with E-state index in [9.17, 15) is 19.5 Å². The number of rotatable bonds is 8. The van der Waals surface area contributed by atoms with Crippen LogP contribution in [0.1, 0.15) is 37.1 Å². The smallest absolute Gasteiger partial charge is 0.336 e. The third kappa shape index (κ3) is 6.20. The number of hydrogen-bond donors (Lipinski definition) is 3. The maximum absolute atomic E-state index is 13.2. The molecule has 3 N–H and O–H groups in total. The van der Waals surface area contributed by atoms with E-state index < -0.39 is 17.1 Å². The number of anilines is 2. The Morgan fingerprint density at radius 2 is 1.39 bits per heavy atom. The summed E-state index contributed by atoms with van der Waals surface area (Å²) >= 11 is 1.40. The second-order valence-electron chi connectivity index (χ2n) is 8.10. The minimum atomic E-state index is -1.16. The van der Waals surface area contributed by atoms with E-state index in [1.54, 1.807) is 24.3 Å². The molecule has 180 valence electrons. The number of thioether (sulfide) groups is 1. The predicted molar refractivity (Wildman–Crippen MR) is 143 cm³/mol. The normalized spacial score (nSPS) is 11.4. The van der Waals surface area contributed by atoms with Crippen molar-refractivity contribution in [1.82, 2.24) is 0 Å². The third-order valence-corrected chi connectivity index (χ3v) is 6.66. The molecule has 0 saturated heterocycles. The second-order valence-corrected chi connectivity index (χ2v) is 9.28. The lowest BCUT2D eigenvalue weighted by Gasteiger charge is -2.17. The zero-order chi connectivity index (χ0) is 25.5. The summed E-state index contributed by atoms with van der Waals surface area (Å²) in [4.78, 5) is 38.1. The molecule has 0 aliphatic heterocycles. The summed E-state index contributed by atoms with van der Waals surface area (Å²) in [5.74, 6) is -1.81. The van der Waals surface area contributed by atoms with E-state index in [0.29, 0.717) is 5.69 Å². The van der Waals surface area contributed by atoms with Crippen molar-refractivity contribution in [3.8, 4) is 0 Å². The highest BCUT2D eigenvalue weighted by molar-refractivity contribution is 8.00. The number of benzene rings is 4. The van der Waals surface area contributed by atoms with E-state index >= 15 is 0 Å². The molecule has 0 heterocycles. The Morgan fingerprint density at radius 1 is 0.722 bits per heavy atom. The van der Waals surface area contributed by atoms with Crippen LogP contribution in [0.4, 0.5) is 11.4 Å². The van der Waals surface area contributed by atoms with Crippen LogP contribution >= 0.6 is 11.8 Å². The lowest BCUT2D eigenvalue weighted by atomic mass is 10.1. The van der Waals surface area contributed by atoms with E-state index in [1.807, 2.05) is 73.7 Å². The van der Waals surface area contributed by atoms with Crippen LogP contribution in [0.5, 0.6) is 0 Å². The fourth-order valence-electron chi connectivity index (χ4n) is 3.65. The Morgan fingerprint density at radius 3 is 2.06 bits per heavy atom. The summed E-state index contributed by atoms with van der Waals surface area (Å²) in [5, 5.41) is 14.6. The summed E-state index contributed by atoms with van der Waals surface area (Å²) in [6.45, 7) is 1.97. The minimum absolute atomic E-state index is 0.0625. The topological polar surface area (TPSA) is 95.5 Å². The van der Waals surface area contributed by atoms with Crippen LogP contribution < -0.4 is 10.6 Å². The van der Waals surface area contributed by atoms with Crippen LogP contribution in [0.25, 0.3) is 0 Å². The van der Waals surface area contributed by atoms with Gasteiger partial charge >= 0.3 is 5.97 Å². The maximum Gasteiger partial charge on any atom is 0.336 e. The van der Waals surface area contributed by atoms with Gasteiger partial charge in [0.25, 0.3) is 5.91 Å². The molecule has 1 atom stereocenters. The number of amides is 2. The first-order valence-electron chi connectivity index (χ1n) is 11.2. The van der Waals surface area contributed by atoms with Crippen molar-refractivity contribution in [2.45, 2.75) is 17.1 Å². The largest absolute Gasteiger partial charge is 0.478 e. The van der Waals surface area contributed by atoms with Gasteiger partial charge in [-0.2, -0.15) is 0 Å². The van der Waals surface area contributed by atoms with Gasteiger partial charge in [0.1, 0.15) is 5.25 Å². The van der Waals surface area contributed by atoms with Crippen molar-refractivity contribution in [2.75, 3.05) is 10.6 Å². The SMILES string of the molecule is Cc1cccc(NC(=O)C(Sc2ccc(NC(=O)c3ccccc3C(=O)O)cc2)c2ccccc2)c1. The molecule has 0 bridgehead atoms. The molecule has 2 amide bonds. The molecule has 0 fully saturated rings.